The van der Waals surface area contributed by atoms with Gasteiger partial charge in [-0.15, -0.1) is 0 Å². The third-order valence-corrected chi connectivity index (χ3v) is 6.01. The topological polar surface area (TPSA) is 58.9 Å². The quantitative estimate of drug-likeness (QED) is 0.218. The summed E-state index contributed by atoms with van der Waals surface area (Å²) in [4.78, 5) is 27.6. The van der Waals surface area contributed by atoms with Crippen LogP contribution < -0.4 is 0 Å². The standard InChI is InChI=1S/C30H22N2O2/c33-29-25-19-11-10-18-24(25)28(32-31-20-21-12-4-1-5-13-21)27(29)30(34)26(22-14-6-2-7-15-22)23-16-8-3-9-17-23/h1-20,26-27H. The van der Waals surface area contributed by atoms with Gasteiger partial charge >= 0.3 is 0 Å². The zero-order valence-electron chi connectivity index (χ0n) is 18.4. The minimum Gasteiger partial charge on any atom is -0.297 e. The van der Waals surface area contributed by atoms with Crippen molar-refractivity contribution in [3.05, 3.63) is 143 Å². The highest BCUT2D eigenvalue weighted by molar-refractivity contribution is 6.38. The molecule has 1 aliphatic carbocycles. The van der Waals surface area contributed by atoms with Gasteiger partial charge in [-0.3, -0.25) is 9.59 Å². The molecule has 0 amide bonds. The molecule has 4 heteroatoms. The normalized spacial score (nSPS) is 16.3. The lowest BCUT2D eigenvalue weighted by molar-refractivity contribution is -0.120. The van der Waals surface area contributed by atoms with Crippen molar-refractivity contribution in [1.82, 2.24) is 0 Å². The fourth-order valence-electron chi connectivity index (χ4n) is 4.41. The van der Waals surface area contributed by atoms with E-state index in [2.05, 4.69) is 10.2 Å². The largest absolute Gasteiger partial charge is 0.297 e. The van der Waals surface area contributed by atoms with Gasteiger partial charge in [0.2, 0.25) is 0 Å². The molecule has 4 nitrogen and oxygen atoms in total. The van der Waals surface area contributed by atoms with Gasteiger partial charge in [-0.05, 0) is 16.7 Å². The van der Waals surface area contributed by atoms with E-state index in [0.717, 1.165) is 16.7 Å². The first kappa shape index (κ1) is 21.4. The Hall–Kier alpha value is -4.44. The second-order valence-electron chi connectivity index (χ2n) is 8.14. The number of carbonyl (C=O) groups is 2. The highest BCUT2D eigenvalue weighted by Gasteiger charge is 2.44. The molecule has 34 heavy (non-hydrogen) atoms. The lowest BCUT2D eigenvalue weighted by Crippen LogP contribution is -2.31. The molecule has 5 rings (SSSR count). The second-order valence-corrected chi connectivity index (χ2v) is 8.14. The Morgan fingerprint density at radius 2 is 1.18 bits per heavy atom. The van der Waals surface area contributed by atoms with Gasteiger partial charge in [-0.25, -0.2) is 0 Å². The van der Waals surface area contributed by atoms with E-state index in [-0.39, 0.29) is 11.6 Å². The van der Waals surface area contributed by atoms with Crippen molar-refractivity contribution < 1.29 is 9.59 Å². The Balaban J connectivity index is 1.59. The third kappa shape index (κ3) is 4.14. The van der Waals surface area contributed by atoms with Crippen LogP contribution in [0.2, 0.25) is 0 Å². The van der Waals surface area contributed by atoms with Crippen molar-refractivity contribution in [3.8, 4) is 0 Å². The van der Waals surface area contributed by atoms with Gasteiger partial charge in [0.1, 0.15) is 5.92 Å². The predicted octanol–water partition coefficient (Wildman–Crippen LogP) is 5.72. The number of hydrogen-bond donors (Lipinski definition) is 0. The van der Waals surface area contributed by atoms with Crippen LogP contribution in [0.5, 0.6) is 0 Å². The molecule has 0 spiro atoms. The van der Waals surface area contributed by atoms with Crippen molar-refractivity contribution >= 4 is 23.5 Å². The fourth-order valence-corrected chi connectivity index (χ4v) is 4.41. The van der Waals surface area contributed by atoms with E-state index in [4.69, 9.17) is 0 Å². The smallest absolute Gasteiger partial charge is 0.180 e. The molecule has 0 saturated carbocycles. The molecular formula is C30H22N2O2. The van der Waals surface area contributed by atoms with Gasteiger partial charge in [-0.1, -0.05) is 115 Å². The van der Waals surface area contributed by atoms with Crippen LogP contribution in [0.15, 0.2) is 125 Å². The first-order valence-corrected chi connectivity index (χ1v) is 11.2. The van der Waals surface area contributed by atoms with Crippen LogP contribution in [0.3, 0.4) is 0 Å². The minimum atomic E-state index is -1.02. The molecular weight excluding hydrogens is 420 g/mol. The summed E-state index contributed by atoms with van der Waals surface area (Å²) in [5, 5.41) is 8.68. The van der Waals surface area contributed by atoms with Crippen LogP contribution in [0, 0.1) is 5.92 Å². The molecule has 164 valence electrons. The maximum Gasteiger partial charge on any atom is 0.180 e. The Morgan fingerprint density at radius 3 is 1.76 bits per heavy atom. The van der Waals surface area contributed by atoms with Crippen LogP contribution in [0.1, 0.15) is 38.5 Å². The lowest BCUT2D eigenvalue weighted by Gasteiger charge is -2.20. The van der Waals surface area contributed by atoms with Crippen LogP contribution in [0.4, 0.5) is 0 Å². The summed E-state index contributed by atoms with van der Waals surface area (Å²) in [7, 11) is 0. The highest BCUT2D eigenvalue weighted by Crippen LogP contribution is 2.35. The lowest BCUT2D eigenvalue weighted by atomic mass is 9.80. The number of Topliss-reactive ketones (excluding diaryl/α,β-unsaturated/α-hetero) is 2. The number of hydrogen-bond acceptors (Lipinski definition) is 4. The molecule has 1 aliphatic rings. The number of rotatable bonds is 6. The number of fused-ring (bicyclic) bond motifs is 1. The summed E-state index contributed by atoms with van der Waals surface area (Å²) in [5.74, 6) is -2.04. The summed E-state index contributed by atoms with van der Waals surface area (Å²) in [5.41, 5.74) is 4.14. The molecule has 4 aromatic rings. The van der Waals surface area contributed by atoms with Crippen LogP contribution in [0.25, 0.3) is 0 Å². The second kappa shape index (κ2) is 9.59. The molecule has 0 saturated heterocycles. The Kier molecular flexibility index (Phi) is 6.04. The van der Waals surface area contributed by atoms with Crippen LogP contribution in [-0.4, -0.2) is 23.5 Å². The maximum atomic E-state index is 14.1. The summed E-state index contributed by atoms with van der Waals surface area (Å²) >= 11 is 0. The Labute approximate surface area is 198 Å². The molecule has 0 aromatic heterocycles. The van der Waals surface area contributed by atoms with Crippen LogP contribution in [-0.2, 0) is 4.79 Å². The summed E-state index contributed by atoms with van der Waals surface area (Å²) in [6, 6.07) is 36.0. The summed E-state index contributed by atoms with van der Waals surface area (Å²) in [6.45, 7) is 0. The van der Waals surface area contributed by atoms with Crippen molar-refractivity contribution in [2.45, 2.75) is 5.92 Å². The van der Waals surface area contributed by atoms with E-state index in [1.54, 1.807) is 18.3 Å². The predicted molar refractivity (Wildman–Crippen MR) is 135 cm³/mol. The van der Waals surface area contributed by atoms with E-state index in [0.29, 0.717) is 16.8 Å². The highest BCUT2D eigenvalue weighted by atomic mass is 16.2. The van der Waals surface area contributed by atoms with E-state index < -0.39 is 11.8 Å². The summed E-state index contributed by atoms with van der Waals surface area (Å²) < 4.78 is 0. The van der Waals surface area contributed by atoms with Gasteiger partial charge in [0, 0.05) is 11.1 Å². The molecule has 1 atom stereocenters. The van der Waals surface area contributed by atoms with E-state index in [1.807, 2.05) is 103 Å². The molecule has 0 radical (unpaired) electrons. The van der Waals surface area contributed by atoms with Crippen molar-refractivity contribution in [3.63, 3.8) is 0 Å². The van der Waals surface area contributed by atoms with Gasteiger partial charge < -0.3 is 0 Å². The summed E-state index contributed by atoms with van der Waals surface area (Å²) in [6.07, 6.45) is 1.63. The monoisotopic (exact) mass is 442 g/mol. The van der Waals surface area contributed by atoms with Gasteiger partial charge in [0.25, 0.3) is 0 Å². The Bertz CT molecular complexity index is 1340. The van der Waals surface area contributed by atoms with Crippen molar-refractivity contribution in [2.24, 2.45) is 16.1 Å². The van der Waals surface area contributed by atoms with E-state index in [9.17, 15) is 9.59 Å². The van der Waals surface area contributed by atoms with E-state index in [1.165, 1.54) is 0 Å². The molecule has 0 heterocycles. The number of ketones is 2. The third-order valence-electron chi connectivity index (χ3n) is 6.01. The van der Waals surface area contributed by atoms with Gasteiger partial charge in [0.05, 0.1) is 17.8 Å². The number of carbonyl (C=O) groups excluding carboxylic acids is 2. The molecule has 0 bridgehead atoms. The van der Waals surface area contributed by atoms with Crippen molar-refractivity contribution in [2.75, 3.05) is 0 Å². The number of nitrogens with zero attached hydrogens (tertiary/aromatic N) is 2. The SMILES string of the molecule is O=C1c2ccccc2C(=NN=Cc2ccccc2)C1C(=O)C(c1ccccc1)c1ccccc1. The molecule has 1 unspecified atom stereocenters. The zero-order chi connectivity index (χ0) is 23.3. The van der Waals surface area contributed by atoms with Gasteiger partial charge in [0.15, 0.2) is 11.6 Å². The first-order chi connectivity index (χ1) is 16.7. The van der Waals surface area contributed by atoms with Crippen LogP contribution >= 0.6 is 0 Å². The molecule has 4 aromatic carbocycles. The zero-order valence-corrected chi connectivity index (χ0v) is 18.4. The first-order valence-electron chi connectivity index (χ1n) is 11.2. The maximum absolute atomic E-state index is 14.1. The van der Waals surface area contributed by atoms with Crippen molar-refractivity contribution in [1.29, 1.82) is 0 Å². The average molecular weight is 443 g/mol. The molecule has 0 aliphatic heterocycles. The van der Waals surface area contributed by atoms with E-state index >= 15 is 0 Å². The molecule has 0 fully saturated rings. The molecule has 0 N–H and O–H groups in total. The Morgan fingerprint density at radius 1 is 0.676 bits per heavy atom. The average Bonchev–Trinajstić information content (AvgIpc) is 3.18. The number of benzene rings is 4. The van der Waals surface area contributed by atoms with Gasteiger partial charge in [-0.2, -0.15) is 10.2 Å². The fraction of sp³-hybridized carbons (Fsp3) is 0.0667. The minimum absolute atomic E-state index is 0.202.